The molecule has 2 aromatic rings. The number of aromatic amines is 1. The largest absolute Gasteiger partial charge is 0.465 e. The molecule has 0 aromatic carbocycles. The molecule has 2 heterocycles. The predicted octanol–water partition coefficient (Wildman–Crippen LogP) is 2.79. The first kappa shape index (κ1) is 17.9. The van der Waals surface area contributed by atoms with Crippen molar-refractivity contribution < 1.29 is 27.5 Å². The van der Waals surface area contributed by atoms with Crippen molar-refractivity contribution in [1.82, 2.24) is 15.2 Å². The number of carbonyl (C=O) groups is 2. The monoisotopic (exact) mass is 362 g/mol. The van der Waals surface area contributed by atoms with Gasteiger partial charge in [0, 0.05) is 5.69 Å². The zero-order valence-electron chi connectivity index (χ0n) is 12.9. The predicted molar refractivity (Wildman–Crippen MR) is 79.1 cm³/mol. The van der Waals surface area contributed by atoms with Crippen molar-refractivity contribution in [1.29, 1.82) is 0 Å². The van der Waals surface area contributed by atoms with Crippen molar-refractivity contribution in [3.05, 3.63) is 27.5 Å². The second-order valence-electron chi connectivity index (χ2n) is 4.69. The van der Waals surface area contributed by atoms with Gasteiger partial charge in [-0.25, -0.2) is 4.79 Å². The fourth-order valence-electron chi connectivity index (χ4n) is 2.08. The van der Waals surface area contributed by atoms with Gasteiger partial charge in [-0.2, -0.15) is 13.2 Å². The molecule has 0 aliphatic heterocycles. The molecule has 0 spiro atoms. The quantitative estimate of drug-likeness (QED) is 0.815. The Kier molecular flexibility index (Phi) is 4.92. The molecule has 2 rings (SSSR count). The van der Waals surface area contributed by atoms with Crippen LogP contribution in [0.5, 0.6) is 0 Å². The highest BCUT2D eigenvalue weighted by Gasteiger charge is 2.36. The van der Waals surface area contributed by atoms with Gasteiger partial charge in [0.25, 0.3) is 5.91 Å². The van der Waals surface area contributed by atoms with Crippen LogP contribution in [0, 0.1) is 6.92 Å². The summed E-state index contributed by atoms with van der Waals surface area (Å²) in [6.45, 7) is 3.32. The van der Waals surface area contributed by atoms with Crippen LogP contribution in [0.2, 0.25) is 0 Å². The highest BCUT2D eigenvalue weighted by atomic mass is 32.1. The maximum atomic E-state index is 12.5. The number of ether oxygens (including phenoxy) is 1. The zero-order valence-corrected chi connectivity index (χ0v) is 13.7. The Labute approximate surface area is 138 Å². The Balaban J connectivity index is 2.29. The summed E-state index contributed by atoms with van der Waals surface area (Å²) in [6, 6.07) is 0. The van der Waals surface area contributed by atoms with Crippen LogP contribution in [0.4, 0.5) is 18.3 Å². The van der Waals surface area contributed by atoms with Crippen LogP contribution >= 0.6 is 11.3 Å². The summed E-state index contributed by atoms with van der Waals surface area (Å²) < 4.78 is 42.2. The summed E-state index contributed by atoms with van der Waals surface area (Å²) in [5, 5.41) is 7.05. The molecular weight excluding hydrogens is 349 g/mol. The molecule has 2 aromatic heterocycles. The second kappa shape index (κ2) is 6.59. The fourth-order valence-corrected chi connectivity index (χ4v) is 2.68. The Morgan fingerprint density at radius 2 is 2.00 bits per heavy atom. The molecule has 7 nitrogen and oxygen atoms in total. The summed E-state index contributed by atoms with van der Waals surface area (Å²) in [5.74, 6) is -1.32. The fraction of sp³-hybridized carbons (Fsp3) is 0.385. The van der Waals surface area contributed by atoms with Crippen LogP contribution in [0.3, 0.4) is 0 Å². The molecular formula is C13H13F3N4O3S. The van der Waals surface area contributed by atoms with Gasteiger partial charge >= 0.3 is 12.1 Å². The molecule has 130 valence electrons. The molecule has 0 fully saturated rings. The van der Waals surface area contributed by atoms with E-state index in [1.54, 1.807) is 6.92 Å². The van der Waals surface area contributed by atoms with E-state index in [1.165, 1.54) is 14.0 Å². The standard InChI is InChI=1S/C13H13F3N4O3S/c1-4-6-7(10(22)23-3)5(2)8(17-6)9(21)18-12-20-19-11(24-12)13(14,15)16/h17H,4H2,1-3H3,(H,18,20,21). The van der Waals surface area contributed by atoms with Crippen LogP contribution in [0.15, 0.2) is 0 Å². The van der Waals surface area contributed by atoms with Gasteiger partial charge in [-0.3, -0.25) is 10.1 Å². The van der Waals surface area contributed by atoms with Crippen LogP contribution in [-0.2, 0) is 17.3 Å². The number of carbonyl (C=O) groups excluding carboxylic acids is 2. The summed E-state index contributed by atoms with van der Waals surface area (Å²) in [5.41, 5.74) is 1.13. The van der Waals surface area contributed by atoms with Gasteiger partial charge in [0.1, 0.15) is 5.69 Å². The van der Waals surface area contributed by atoms with Crippen molar-refractivity contribution in [2.24, 2.45) is 0 Å². The van der Waals surface area contributed by atoms with Gasteiger partial charge in [-0.1, -0.05) is 18.3 Å². The molecule has 2 N–H and O–H groups in total. The van der Waals surface area contributed by atoms with Crippen molar-refractivity contribution in [2.75, 3.05) is 12.4 Å². The number of anilines is 1. The van der Waals surface area contributed by atoms with Crippen LogP contribution < -0.4 is 5.32 Å². The Bertz CT molecular complexity index is 782. The van der Waals surface area contributed by atoms with Gasteiger partial charge in [0.05, 0.1) is 12.7 Å². The first-order chi connectivity index (χ1) is 11.2. The highest BCUT2D eigenvalue weighted by molar-refractivity contribution is 7.15. The van der Waals surface area contributed by atoms with Crippen molar-refractivity contribution in [3.8, 4) is 0 Å². The topological polar surface area (TPSA) is 97.0 Å². The van der Waals surface area contributed by atoms with E-state index >= 15 is 0 Å². The Hall–Kier alpha value is -2.43. The summed E-state index contributed by atoms with van der Waals surface area (Å²) in [7, 11) is 1.22. The minimum absolute atomic E-state index is 0.0519. The number of esters is 1. The lowest BCUT2D eigenvalue weighted by molar-refractivity contribution is -0.138. The van der Waals surface area contributed by atoms with E-state index in [4.69, 9.17) is 0 Å². The average molecular weight is 362 g/mol. The number of hydrogen-bond donors (Lipinski definition) is 2. The Morgan fingerprint density at radius 3 is 2.50 bits per heavy atom. The number of aromatic nitrogens is 3. The van der Waals surface area contributed by atoms with E-state index < -0.39 is 23.1 Å². The lowest BCUT2D eigenvalue weighted by Gasteiger charge is -2.02. The van der Waals surface area contributed by atoms with Crippen molar-refractivity contribution in [2.45, 2.75) is 26.4 Å². The number of methoxy groups -OCH3 is 1. The molecule has 0 atom stereocenters. The molecule has 24 heavy (non-hydrogen) atoms. The van der Waals surface area contributed by atoms with Crippen LogP contribution in [0.1, 0.15) is 44.0 Å². The van der Waals surface area contributed by atoms with Gasteiger partial charge in [-0.05, 0) is 18.9 Å². The minimum Gasteiger partial charge on any atom is -0.465 e. The Morgan fingerprint density at radius 1 is 1.33 bits per heavy atom. The summed E-state index contributed by atoms with van der Waals surface area (Å²) >= 11 is 0.212. The average Bonchev–Trinajstić information content (AvgIpc) is 3.10. The minimum atomic E-state index is -4.63. The van der Waals surface area contributed by atoms with Gasteiger partial charge in [-0.15, -0.1) is 10.2 Å². The van der Waals surface area contributed by atoms with E-state index in [9.17, 15) is 22.8 Å². The van der Waals surface area contributed by atoms with E-state index in [0.717, 1.165) is 0 Å². The first-order valence-corrected chi connectivity index (χ1v) is 7.52. The number of H-pyrrole nitrogens is 1. The summed E-state index contributed by atoms with van der Waals surface area (Å²) in [4.78, 5) is 26.8. The lowest BCUT2D eigenvalue weighted by Crippen LogP contribution is -2.14. The maximum absolute atomic E-state index is 12.5. The molecule has 0 aliphatic rings. The molecule has 0 aliphatic carbocycles. The smallest absolute Gasteiger partial charge is 0.445 e. The molecule has 0 bridgehead atoms. The molecule has 0 saturated heterocycles. The third-order valence-corrected chi connectivity index (χ3v) is 4.07. The zero-order chi connectivity index (χ0) is 18.1. The van der Waals surface area contributed by atoms with Crippen LogP contribution in [0.25, 0.3) is 0 Å². The number of alkyl halides is 3. The first-order valence-electron chi connectivity index (χ1n) is 6.70. The lowest BCUT2D eigenvalue weighted by atomic mass is 10.1. The number of amides is 1. The number of nitrogens with one attached hydrogen (secondary N) is 2. The van der Waals surface area contributed by atoms with Gasteiger partial charge in [0.2, 0.25) is 10.1 Å². The molecule has 11 heteroatoms. The number of nitrogens with zero attached hydrogens (tertiary/aromatic N) is 2. The van der Waals surface area contributed by atoms with Gasteiger partial charge in [0.15, 0.2) is 0 Å². The molecule has 0 saturated carbocycles. The molecule has 0 radical (unpaired) electrons. The second-order valence-corrected chi connectivity index (χ2v) is 5.67. The molecule has 0 unspecified atom stereocenters. The van der Waals surface area contributed by atoms with E-state index in [-0.39, 0.29) is 27.7 Å². The summed E-state index contributed by atoms with van der Waals surface area (Å²) in [6.07, 6.45) is -4.19. The number of halogens is 3. The van der Waals surface area contributed by atoms with Crippen molar-refractivity contribution >= 4 is 28.3 Å². The highest BCUT2D eigenvalue weighted by Crippen LogP contribution is 2.33. The number of hydrogen-bond acceptors (Lipinski definition) is 6. The van der Waals surface area contributed by atoms with Crippen molar-refractivity contribution in [3.63, 3.8) is 0 Å². The maximum Gasteiger partial charge on any atom is 0.445 e. The van der Waals surface area contributed by atoms with E-state index in [2.05, 4.69) is 25.2 Å². The molecule has 1 amide bonds. The third-order valence-electron chi connectivity index (χ3n) is 3.19. The SMILES string of the molecule is CCc1[nH]c(C(=O)Nc2nnc(C(F)(F)F)s2)c(C)c1C(=O)OC. The van der Waals surface area contributed by atoms with Gasteiger partial charge < -0.3 is 9.72 Å². The van der Waals surface area contributed by atoms with E-state index in [0.29, 0.717) is 17.7 Å². The van der Waals surface area contributed by atoms with Crippen LogP contribution in [-0.4, -0.2) is 34.2 Å². The normalized spacial score (nSPS) is 11.4. The third kappa shape index (κ3) is 3.40. The number of rotatable bonds is 4. The number of aryl methyl sites for hydroxylation is 1. The van der Waals surface area contributed by atoms with E-state index in [1.807, 2.05) is 0 Å².